The molecular formula is C16H29BrN2S. The van der Waals surface area contributed by atoms with E-state index < -0.39 is 0 Å². The molecule has 0 spiro atoms. The molecule has 2 N–H and O–H groups in total. The minimum atomic E-state index is 0.139. The van der Waals surface area contributed by atoms with Gasteiger partial charge in [-0.2, -0.15) is 0 Å². The lowest BCUT2D eigenvalue weighted by atomic mass is 9.99. The van der Waals surface area contributed by atoms with Gasteiger partial charge in [-0.25, -0.2) is 0 Å². The minimum Gasteiger partial charge on any atom is -0.326 e. The van der Waals surface area contributed by atoms with Crippen LogP contribution in [0.3, 0.4) is 0 Å². The summed E-state index contributed by atoms with van der Waals surface area (Å²) >= 11 is 5.38. The van der Waals surface area contributed by atoms with E-state index in [-0.39, 0.29) is 6.04 Å². The number of nitrogens with zero attached hydrogens (tertiary/aromatic N) is 1. The van der Waals surface area contributed by atoms with Crippen molar-refractivity contribution in [2.24, 2.45) is 11.7 Å². The SMILES string of the molecule is CCC(CC)N(CC(C)C)C(c1cc(Br)cs1)C(C)N. The largest absolute Gasteiger partial charge is 0.326 e. The Balaban J connectivity index is 3.10. The van der Waals surface area contributed by atoms with Crippen molar-refractivity contribution in [3.05, 3.63) is 20.8 Å². The second-order valence-corrected chi connectivity index (χ2v) is 7.89. The van der Waals surface area contributed by atoms with Crippen LogP contribution in [-0.4, -0.2) is 23.5 Å². The predicted molar refractivity (Wildman–Crippen MR) is 94.3 cm³/mol. The summed E-state index contributed by atoms with van der Waals surface area (Å²) in [6.45, 7) is 12.4. The van der Waals surface area contributed by atoms with Crippen molar-refractivity contribution < 1.29 is 0 Å². The van der Waals surface area contributed by atoms with Crippen LogP contribution in [0.15, 0.2) is 15.9 Å². The molecule has 2 unspecified atom stereocenters. The first-order chi connectivity index (χ1) is 9.40. The Labute approximate surface area is 136 Å². The van der Waals surface area contributed by atoms with Crippen LogP contribution in [0.25, 0.3) is 0 Å². The molecule has 0 aliphatic rings. The van der Waals surface area contributed by atoms with E-state index in [9.17, 15) is 0 Å². The average Bonchev–Trinajstić information content (AvgIpc) is 2.76. The lowest BCUT2D eigenvalue weighted by Gasteiger charge is -2.40. The van der Waals surface area contributed by atoms with Gasteiger partial charge in [-0.15, -0.1) is 11.3 Å². The summed E-state index contributed by atoms with van der Waals surface area (Å²) in [6.07, 6.45) is 2.36. The number of rotatable bonds is 8. The summed E-state index contributed by atoms with van der Waals surface area (Å²) < 4.78 is 1.16. The van der Waals surface area contributed by atoms with Gasteiger partial charge in [0.2, 0.25) is 0 Å². The maximum Gasteiger partial charge on any atom is 0.0593 e. The monoisotopic (exact) mass is 360 g/mol. The first kappa shape index (κ1) is 18.1. The molecule has 1 aromatic heterocycles. The van der Waals surface area contributed by atoms with Crippen LogP contribution in [0, 0.1) is 5.92 Å². The highest BCUT2D eigenvalue weighted by Crippen LogP contribution is 2.34. The Morgan fingerprint density at radius 3 is 2.20 bits per heavy atom. The second-order valence-electron chi connectivity index (χ2n) is 6.03. The van der Waals surface area contributed by atoms with Crippen molar-refractivity contribution in [3.8, 4) is 0 Å². The van der Waals surface area contributed by atoms with Gasteiger partial charge in [0.15, 0.2) is 0 Å². The van der Waals surface area contributed by atoms with Crippen LogP contribution in [0.4, 0.5) is 0 Å². The van der Waals surface area contributed by atoms with Gasteiger partial charge in [0.25, 0.3) is 0 Å². The Hall–Kier alpha value is 0.1000. The van der Waals surface area contributed by atoms with Crippen LogP contribution in [0.2, 0.25) is 0 Å². The molecule has 2 nitrogen and oxygen atoms in total. The van der Waals surface area contributed by atoms with Gasteiger partial charge in [0, 0.05) is 33.4 Å². The number of hydrogen-bond acceptors (Lipinski definition) is 3. The molecule has 0 aliphatic heterocycles. The zero-order chi connectivity index (χ0) is 15.3. The number of halogens is 1. The van der Waals surface area contributed by atoms with E-state index in [0.29, 0.717) is 18.0 Å². The van der Waals surface area contributed by atoms with Crippen molar-refractivity contribution in [1.29, 1.82) is 0 Å². The van der Waals surface area contributed by atoms with E-state index in [1.165, 1.54) is 17.7 Å². The zero-order valence-electron chi connectivity index (χ0n) is 13.4. The fourth-order valence-corrected chi connectivity index (χ4v) is 4.56. The molecule has 2 atom stereocenters. The van der Waals surface area contributed by atoms with Gasteiger partial charge in [0.05, 0.1) is 6.04 Å². The van der Waals surface area contributed by atoms with Crippen molar-refractivity contribution >= 4 is 27.3 Å². The zero-order valence-corrected chi connectivity index (χ0v) is 15.8. The fourth-order valence-electron chi connectivity index (χ4n) is 2.88. The van der Waals surface area contributed by atoms with Crippen LogP contribution in [0.5, 0.6) is 0 Å². The van der Waals surface area contributed by atoms with E-state index in [4.69, 9.17) is 5.73 Å². The van der Waals surface area contributed by atoms with Crippen molar-refractivity contribution in [1.82, 2.24) is 4.90 Å². The lowest BCUT2D eigenvalue weighted by molar-refractivity contribution is 0.0975. The van der Waals surface area contributed by atoms with Crippen LogP contribution in [-0.2, 0) is 0 Å². The Morgan fingerprint density at radius 1 is 1.25 bits per heavy atom. The van der Waals surface area contributed by atoms with E-state index in [1.807, 2.05) is 11.3 Å². The third-order valence-corrected chi connectivity index (χ3v) is 5.49. The maximum atomic E-state index is 6.35. The number of nitrogens with two attached hydrogens (primary N) is 1. The average molecular weight is 361 g/mol. The summed E-state index contributed by atoms with van der Waals surface area (Å²) in [7, 11) is 0. The first-order valence-corrected chi connectivity index (χ1v) is 9.33. The highest BCUT2D eigenvalue weighted by Gasteiger charge is 2.30. The molecule has 20 heavy (non-hydrogen) atoms. The van der Waals surface area contributed by atoms with Gasteiger partial charge in [0.1, 0.15) is 0 Å². The predicted octanol–water partition coefficient (Wildman–Crippen LogP) is 5.05. The summed E-state index contributed by atoms with van der Waals surface area (Å²) in [4.78, 5) is 4.01. The maximum absolute atomic E-state index is 6.35. The molecule has 0 aromatic carbocycles. The van der Waals surface area contributed by atoms with Crippen LogP contribution in [0.1, 0.15) is 58.4 Å². The molecule has 1 aromatic rings. The molecule has 0 aliphatic carbocycles. The minimum absolute atomic E-state index is 0.139. The lowest BCUT2D eigenvalue weighted by Crippen LogP contribution is -2.46. The molecule has 0 radical (unpaired) electrons. The summed E-state index contributed by atoms with van der Waals surface area (Å²) in [5.41, 5.74) is 6.35. The Bertz CT molecular complexity index is 386. The summed E-state index contributed by atoms with van der Waals surface area (Å²) in [6, 6.07) is 3.29. The molecule has 1 heterocycles. The van der Waals surface area contributed by atoms with Gasteiger partial charge in [-0.05, 0) is 47.7 Å². The first-order valence-electron chi connectivity index (χ1n) is 7.65. The highest BCUT2D eigenvalue weighted by atomic mass is 79.9. The fraction of sp³-hybridized carbons (Fsp3) is 0.750. The molecular weight excluding hydrogens is 332 g/mol. The molecule has 0 amide bonds. The van der Waals surface area contributed by atoms with Gasteiger partial charge in [-0.3, -0.25) is 4.90 Å². The molecule has 0 bridgehead atoms. The van der Waals surface area contributed by atoms with Crippen molar-refractivity contribution in [2.75, 3.05) is 6.54 Å². The number of thiophene rings is 1. The topological polar surface area (TPSA) is 29.3 Å². The van der Waals surface area contributed by atoms with E-state index in [0.717, 1.165) is 11.0 Å². The summed E-state index contributed by atoms with van der Waals surface area (Å²) in [5, 5.41) is 2.16. The molecule has 1 rings (SSSR count). The van der Waals surface area contributed by atoms with E-state index in [1.54, 1.807) is 0 Å². The van der Waals surface area contributed by atoms with Crippen LogP contribution >= 0.6 is 27.3 Å². The normalized spacial score (nSPS) is 15.3. The Kier molecular flexibility index (Phi) is 7.73. The molecule has 0 saturated heterocycles. The standard InChI is InChI=1S/C16H29BrN2S/c1-6-14(7-2)19(9-11(3)4)16(12(5)18)15-8-13(17)10-20-15/h8,10-12,14,16H,6-7,9,18H2,1-5H3. The quantitative estimate of drug-likeness (QED) is 0.702. The highest BCUT2D eigenvalue weighted by molar-refractivity contribution is 9.10. The third-order valence-electron chi connectivity index (χ3n) is 3.72. The van der Waals surface area contributed by atoms with Crippen LogP contribution < -0.4 is 5.73 Å². The van der Waals surface area contributed by atoms with Gasteiger partial charge in [-0.1, -0.05) is 27.7 Å². The molecule has 116 valence electrons. The molecule has 0 fully saturated rings. The second kappa shape index (κ2) is 8.52. The molecule has 4 heteroatoms. The van der Waals surface area contributed by atoms with E-state index in [2.05, 4.69) is 66.9 Å². The van der Waals surface area contributed by atoms with Gasteiger partial charge >= 0.3 is 0 Å². The third kappa shape index (κ3) is 4.83. The summed E-state index contributed by atoms with van der Waals surface area (Å²) in [5.74, 6) is 0.653. The smallest absolute Gasteiger partial charge is 0.0593 e. The van der Waals surface area contributed by atoms with Crippen molar-refractivity contribution in [3.63, 3.8) is 0 Å². The van der Waals surface area contributed by atoms with E-state index >= 15 is 0 Å². The Morgan fingerprint density at radius 2 is 1.85 bits per heavy atom. The van der Waals surface area contributed by atoms with Gasteiger partial charge < -0.3 is 5.73 Å². The van der Waals surface area contributed by atoms with Crippen molar-refractivity contribution in [2.45, 2.75) is 65.6 Å². The number of hydrogen-bond donors (Lipinski definition) is 1. The molecule has 0 saturated carbocycles.